The number of nitrogens with zero attached hydrogens (tertiary/aromatic N) is 1. The van der Waals surface area contributed by atoms with E-state index >= 15 is 0 Å². The van der Waals surface area contributed by atoms with Crippen LogP contribution in [-0.2, 0) is 19.3 Å². The smallest absolute Gasteiger partial charge is 0.106 e. The molecule has 0 saturated heterocycles. The first-order valence-electron chi connectivity index (χ1n) is 8.05. The molecule has 2 nitrogen and oxygen atoms in total. The van der Waals surface area contributed by atoms with E-state index in [1.165, 1.54) is 11.1 Å². The highest BCUT2D eigenvalue weighted by molar-refractivity contribution is 6.35. The van der Waals surface area contributed by atoms with Crippen LogP contribution in [0.3, 0.4) is 0 Å². The van der Waals surface area contributed by atoms with E-state index in [9.17, 15) is 0 Å². The van der Waals surface area contributed by atoms with Crippen molar-refractivity contribution in [1.82, 2.24) is 9.97 Å². The van der Waals surface area contributed by atoms with Crippen LogP contribution in [0.4, 0.5) is 0 Å². The van der Waals surface area contributed by atoms with Crippen molar-refractivity contribution >= 4 is 23.2 Å². The van der Waals surface area contributed by atoms with Crippen molar-refractivity contribution in [2.75, 3.05) is 0 Å². The Morgan fingerprint density at radius 3 is 2.50 bits per heavy atom. The maximum Gasteiger partial charge on any atom is 0.106 e. The molecular formula is C20H20Cl2N2. The molecule has 4 heteroatoms. The molecule has 1 aromatic heterocycles. The molecule has 24 heavy (non-hydrogen) atoms. The van der Waals surface area contributed by atoms with Gasteiger partial charge < -0.3 is 4.98 Å². The summed E-state index contributed by atoms with van der Waals surface area (Å²) in [5.74, 6) is 1.02. The summed E-state index contributed by atoms with van der Waals surface area (Å²) in [5, 5.41) is 1.34. The summed E-state index contributed by atoms with van der Waals surface area (Å²) < 4.78 is 0. The Labute approximate surface area is 152 Å². The highest BCUT2D eigenvalue weighted by Crippen LogP contribution is 2.24. The van der Waals surface area contributed by atoms with Crippen molar-refractivity contribution in [3.05, 3.63) is 86.4 Å². The Morgan fingerprint density at radius 1 is 0.958 bits per heavy atom. The third-order valence-corrected chi connectivity index (χ3v) is 4.89. The molecule has 0 amide bonds. The molecule has 0 aliphatic carbocycles. The van der Waals surface area contributed by atoms with E-state index in [-0.39, 0.29) is 0 Å². The third-order valence-electron chi connectivity index (χ3n) is 4.30. The largest absolute Gasteiger partial charge is 0.346 e. The molecule has 0 saturated carbocycles. The normalized spacial score (nSPS) is 11.0. The highest BCUT2D eigenvalue weighted by atomic mass is 35.5. The Morgan fingerprint density at radius 2 is 1.75 bits per heavy atom. The fraction of sp³-hybridized carbons (Fsp3) is 0.250. The summed E-state index contributed by atoms with van der Waals surface area (Å²) in [6.45, 7) is 4.21. The van der Waals surface area contributed by atoms with Crippen molar-refractivity contribution in [2.24, 2.45) is 0 Å². The van der Waals surface area contributed by atoms with Crippen molar-refractivity contribution in [2.45, 2.75) is 33.1 Å². The van der Waals surface area contributed by atoms with E-state index in [1.807, 2.05) is 12.1 Å². The van der Waals surface area contributed by atoms with Gasteiger partial charge in [0.15, 0.2) is 0 Å². The summed E-state index contributed by atoms with van der Waals surface area (Å²) in [6.07, 6.45) is 2.60. The van der Waals surface area contributed by atoms with Gasteiger partial charge in [0, 0.05) is 28.6 Å². The molecule has 0 aliphatic rings. The predicted molar refractivity (Wildman–Crippen MR) is 101 cm³/mol. The number of halogens is 2. The Kier molecular flexibility index (Phi) is 5.27. The van der Waals surface area contributed by atoms with E-state index in [4.69, 9.17) is 28.2 Å². The molecule has 3 rings (SSSR count). The summed E-state index contributed by atoms with van der Waals surface area (Å²) in [5.41, 5.74) is 5.88. The lowest BCUT2D eigenvalue weighted by Gasteiger charge is -2.04. The van der Waals surface area contributed by atoms with Gasteiger partial charge in [-0.1, -0.05) is 53.5 Å². The fourth-order valence-corrected chi connectivity index (χ4v) is 3.32. The van der Waals surface area contributed by atoms with Crippen molar-refractivity contribution in [1.29, 1.82) is 0 Å². The van der Waals surface area contributed by atoms with E-state index in [0.29, 0.717) is 16.5 Å². The standard InChI is InChI=1S/C20H20Cl2N2/c1-13-5-3-4-6-15(13)8-10-20-23-14(2)19(24-20)11-16-7-9-17(21)12-18(16)22/h3-7,9,12H,8,10-11H2,1-2H3,(H,23,24). The summed E-state index contributed by atoms with van der Waals surface area (Å²) >= 11 is 12.2. The van der Waals surface area contributed by atoms with Gasteiger partial charge in [0.05, 0.1) is 5.69 Å². The van der Waals surface area contributed by atoms with Crippen LogP contribution in [0.15, 0.2) is 42.5 Å². The van der Waals surface area contributed by atoms with E-state index in [0.717, 1.165) is 35.6 Å². The number of imidazole rings is 1. The highest BCUT2D eigenvalue weighted by Gasteiger charge is 2.10. The van der Waals surface area contributed by atoms with Crippen LogP contribution in [0.1, 0.15) is 33.9 Å². The first-order valence-corrected chi connectivity index (χ1v) is 8.81. The van der Waals surface area contributed by atoms with Crippen LogP contribution in [0, 0.1) is 13.8 Å². The molecule has 0 unspecified atom stereocenters. The maximum absolute atomic E-state index is 6.27. The van der Waals surface area contributed by atoms with Crippen LogP contribution in [-0.4, -0.2) is 9.97 Å². The molecule has 0 fully saturated rings. The number of aromatic amines is 1. The van der Waals surface area contributed by atoms with Crippen LogP contribution in [0.5, 0.6) is 0 Å². The molecule has 0 spiro atoms. The number of hydrogen-bond donors (Lipinski definition) is 1. The first-order chi connectivity index (χ1) is 11.5. The topological polar surface area (TPSA) is 28.7 Å². The van der Waals surface area contributed by atoms with Gasteiger partial charge in [0.25, 0.3) is 0 Å². The molecule has 124 valence electrons. The lowest BCUT2D eigenvalue weighted by molar-refractivity contribution is 0.870. The lowest BCUT2D eigenvalue weighted by atomic mass is 10.0. The zero-order valence-electron chi connectivity index (χ0n) is 13.9. The van der Waals surface area contributed by atoms with E-state index < -0.39 is 0 Å². The zero-order chi connectivity index (χ0) is 17.1. The number of H-pyrrole nitrogens is 1. The summed E-state index contributed by atoms with van der Waals surface area (Å²) in [4.78, 5) is 8.17. The van der Waals surface area contributed by atoms with Gasteiger partial charge in [-0.25, -0.2) is 4.98 Å². The third kappa shape index (κ3) is 4.00. The average Bonchev–Trinajstić information content (AvgIpc) is 2.89. The minimum atomic E-state index is 0.654. The summed E-state index contributed by atoms with van der Waals surface area (Å²) in [7, 11) is 0. The maximum atomic E-state index is 6.27. The van der Waals surface area contributed by atoms with Gasteiger partial charge in [0.1, 0.15) is 5.82 Å². The number of rotatable bonds is 5. The second-order valence-corrected chi connectivity index (χ2v) is 6.94. The van der Waals surface area contributed by atoms with Gasteiger partial charge >= 0.3 is 0 Å². The van der Waals surface area contributed by atoms with Gasteiger partial charge in [-0.15, -0.1) is 0 Å². The van der Waals surface area contributed by atoms with Crippen LogP contribution >= 0.6 is 23.2 Å². The van der Waals surface area contributed by atoms with Crippen molar-refractivity contribution < 1.29 is 0 Å². The van der Waals surface area contributed by atoms with E-state index in [1.54, 1.807) is 6.07 Å². The molecule has 1 heterocycles. The number of aromatic nitrogens is 2. The Balaban J connectivity index is 1.72. The quantitative estimate of drug-likeness (QED) is 0.621. The minimum absolute atomic E-state index is 0.654. The molecule has 0 atom stereocenters. The van der Waals surface area contributed by atoms with Gasteiger partial charge in [-0.05, 0) is 49.1 Å². The molecule has 2 aromatic carbocycles. The van der Waals surface area contributed by atoms with Crippen LogP contribution in [0.2, 0.25) is 10.0 Å². The van der Waals surface area contributed by atoms with Crippen LogP contribution < -0.4 is 0 Å². The zero-order valence-corrected chi connectivity index (χ0v) is 15.4. The SMILES string of the molecule is Cc1ccccc1CCc1nc(Cc2ccc(Cl)cc2Cl)c(C)[nH]1. The average molecular weight is 359 g/mol. The number of aryl methyl sites for hydroxylation is 4. The predicted octanol–water partition coefficient (Wildman–Crippen LogP) is 5.71. The monoisotopic (exact) mass is 358 g/mol. The Bertz CT molecular complexity index is 853. The van der Waals surface area contributed by atoms with Crippen molar-refractivity contribution in [3.8, 4) is 0 Å². The lowest BCUT2D eigenvalue weighted by Crippen LogP contribution is -1.96. The molecular weight excluding hydrogens is 339 g/mol. The number of nitrogens with one attached hydrogen (secondary N) is 1. The number of benzene rings is 2. The van der Waals surface area contributed by atoms with Gasteiger partial charge in [-0.3, -0.25) is 0 Å². The molecule has 0 bridgehead atoms. The second kappa shape index (κ2) is 7.42. The second-order valence-electron chi connectivity index (χ2n) is 6.09. The van der Waals surface area contributed by atoms with Gasteiger partial charge in [0.2, 0.25) is 0 Å². The van der Waals surface area contributed by atoms with E-state index in [2.05, 4.69) is 43.1 Å². The molecule has 0 radical (unpaired) electrons. The Hall–Kier alpha value is -1.77. The van der Waals surface area contributed by atoms with Crippen LogP contribution in [0.25, 0.3) is 0 Å². The first kappa shape index (κ1) is 17.1. The molecule has 0 aliphatic heterocycles. The fourth-order valence-electron chi connectivity index (χ4n) is 2.84. The molecule has 1 N–H and O–H groups in total. The number of hydrogen-bond acceptors (Lipinski definition) is 1. The molecule has 3 aromatic rings. The minimum Gasteiger partial charge on any atom is -0.346 e. The van der Waals surface area contributed by atoms with Crippen molar-refractivity contribution in [3.63, 3.8) is 0 Å². The summed E-state index contributed by atoms with van der Waals surface area (Å²) in [6, 6.07) is 14.1. The van der Waals surface area contributed by atoms with Gasteiger partial charge in [-0.2, -0.15) is 0 Å².